The van der Waals surface area contributed by atoms with Gasteiger partial charge in [0.05, 0.1) is 0 Å². The van der Waals surface area contributed by atoms with Gasteiger partial charge in [0.1, 0.15) is 13.1 Å². The van der Waals surface area contributed by atoms with Crippen LogP contribution in [0.25, 0.3) is 0 Å². The molecule has 80 valence electrons. The van der Waals surface area contributed by atoms with Crippen LogP contribution < -0.4 is 5.73 Å². The van der Waals surface area contributed by atoms with Crippen molar-refractivity contribution >= 4 is 12.1 Å². The average molecular weight is 197 g/mol. The SMILES string of the molecule is COC/N=C\N=C(C(C)CN)C1CC1. The van der Waals surface area contributed by atoms with Crippen LogP contribution in [0.3, 0.4) is 0 Å². The van der Waals surface area contributed by atoms with E-state index in [0.29, 0.717) is 25.1 Å². The van der Waals surface area contributed by atoms with E-state index in [1.807, 2.05) is 0 Å². The fourth-order valence-electron chi connectivity index (χ4n) is 1.35. The van der Waals surface area contributed by atoms with E-state index in [1.54, 1.807) is 13.4 Å². The number of methoxy groups -OCH3 is 1. The van der Waals surface area contributed by atoms with Crippen LogP contribution in [0, 0.1) is 11.8 Å². The van der Waals surface area contributed by atoms with Crippen molar-refractivity contribution in [1.82, 2.24) is 0 Å². The third kappa shape index (κ3) is 3.55. The molecule has 0 radical (unpaired) electrons. The molecule has 1 saturated carbocycles. The van der Waals surface area contributed by atoms with Crippen LogP contribution in [0.4, 0.5) is 0 Å². The van der Waals surface area contributed by atoms with E-state index < -0.39 is 0 Å². The highest BCUT2D eigenvalue weighted by Crippen LogP contribution is 2.33. The molecule has 0 amide bonds. The first kappa shape index (κ1) is 11.3. The number of ether oxygens (including phenoxy) is 1. The topological polar surface area (TPSA) is 60.0 Å². The number of hydrogen-bond donors (Lipinski definition) is 1. The molecular weight excluding hydrogens is 178 g/mol. The third-order valence-corrected chi connectivity index (χ3v) is 2.35. The normalized spacial score (nSPS) is 20.4. The Kier molecular flexibility index (Phi) is 4.76. The molecule has 1 rings (SSSR count). The average Bonchev–Trinajstić information content (AvgIpc) is 3.01. The lowest BCUT2D eigenvalue weighted by atomic mass is 10.0. The van der Waals surface area contributed by atoms with Crippen molar-refractivity contribution in [2.45, 2.75) is 19.8 Å². The summed E-state index contributed by atoms with van der Waals surface area (Å²) < 4.78 is 4.79. The van der Waals surface area contributed by atoms with Gasteiger partial charge in [-0.25, -0.2) is 9.98 Å². The Labute approximate surface area is 85.3 Å². The Morgan fingerprint density at radius 2 is 2.36 bits per heavy atom. The van der Waals surface area contributed by atoms with Crippen LogP contribution in [-0.4, -0.2) is 32.4 Å². The lowest BCUT2D eigenvalue weighted by Gasteiger charge is -2.10. The summed E-state index contributed by atoms with van der Waals surface area (Å²) in [6.07, 6.45) is 4.09. The molecule has 0 aromatic heterocycles. The van der Waals surface area contributed by atoms with Crippen LogP contribution in [0.2, 0.25) is 0 Å². The van der Waals surface area contributed by atoms with E-state index in [2.05, 4.69) is 16.9 Å². The van der Waals surface area contributed by atoms with E-state index in [0.717, 1.165) is 0 Å². The molecule has 1 aliphatic rings. The maximum absolute atomic E-state index is 5.62. The van der Waals surface area contributed by atoms with Crippen molar-refractivity contribution in [2.24, 2.45) is 27.6 Å². The van der Waals surface area contributed by atoms with Crippen LogP contribution >= 0.6 is 0 Å². The molecule has 1 unspecified atom stereocenters. The Bertz CT molecular complexity index is 221. The zero-order valence-corrected chi connectivity index (χ0v) is 8.94. The van der Waals surface area contributed by atoms with Gasteiger partial charge in [-0.2, -0.15) is 0 Å². The van der Waals surface area contributed by atoms with Crippen molar-refractivity contribution < 1.29 is 4.74 Å². The maximum Gasteiger partial charge on any atom is 0.138 e. The Balaban J connectivity index is 2.48. The zero-order valence-electron chi connectivity index (χ0n) is 8.94. The highest BCUT2D eigenvalue weighted by Gasteiger charge is 2.29. The summed E-state index contributed by atoms with van der Waals surface area (Å²) in [7, 11) is 1.62. The summed E-state index contributed by atoms with van der Waals surface area (Å²) >= 11 is 0. The number of aliphatic imine (C=N–C) groups is 2. The van der Waals surface area contributed by atoms with Gasteiger partial charge in [0, 0.05) is 25.3 Å². The molecule has 0 bridgehead atoms. The van der Waals surface area contributed by atoms with Gasteiger partial charge >= 0.3 is 0 Å². The lowest BCUT2D eigenvalue weighted by molar-refractivity contribution is 0.209. The van der Waals surface area contributed by atoms with E-state index >= 15 is 0 Å². The predicted molar refractivity (Wildman–Crippen MR) is 58.7 cm³/mol. The Hall–Kier alpha value is -0.740. The third-order valence-electron chi connectivity index (χ3n) is 2.35. The summed E-state index contributed by atoms with van der Waals surface area (Å²) in [4.78, 5) is 8.34. The number of rotatable bonds is 6. The molecule has 0 spiro atoms. The largest absolute Gasteiger partial charge is 0.362 e. The zero-order chi connectivity index (χ0) is 10.4. The Morgan fingerprint density at radius 1 is 1.64 bits per heavy atom. The second-order valence-electron chi connectivity index (χ2n) is 3.68. The monoisotopic (exact) mass is 197 g/mol. The molecule has 0 aliphatic heterocycles. The van der Waals surface area contributed by atoms with Crippen LogP contribution in [0.5, 0.6) is 0 Å². The van der Waals surface area contributed by atoms with Crippen molar-refractivity contribution in [3.05, 3.63) is 0 Å². The fourth-order valence-corrected chi connectivity index (χ4v) is 1.35. The highest BCUT2D eigenvalue weighted by atomic mass is 16.5. The highest BCUT2D eigenvalue weighted by molar-refractivity contribution is 5.95. The van der Waals surface area contributed by atoms with Crippen molar-refractivity contribution in [2.75, 3.05) is 20.4 Å². The van der Waals surface area contributed by atoms with Crippen molar-refractivity contribution in [3.8, 4) is 0 Å². The van der Waals surface area contributed by atoms with E-state index in [-0.39, 0.29) is 0 Å². The first-order valence-corrected chi connectivity index (χ1v) is 5.04. The number of nitrogens with zero attached hydrogens (tertiary/aromatic N) is 2. The smallest absolute Gasteiger partial charge is 0.138 e. The van der Waals surface area contributed by atoms with Crippen LogP contribution in [-0.2, 0) is 4.74 Å². The summed E-state index contributed by atoms with van der Waals surface area (Å²) in [5.41, 5.74) is 6.82. The minimum absolute atomic E-state index is 0.372. The fraction of sp³-hybridized carbons (Fsp3) is 0.800. The molecule has 0 saturated heterocycles. The van der Waals surface area contributed by atoms with Gasteiger partial charge in [0.2, 0.25) is 0 Å². The van der Waals surface area contributed by atoms with Gasteiger partial charge in [0.25, 0.3) is 0 Å². The van der Waals surface area contributed by atoms with Gasteiger partial charge in [-0.15, -0.1) is 0 Å². The minimum Gasteiger partial charge on any atom is -0.362 e. The van der Waals surface area contributed by atoms with Gasteiger partial charge < -0.3 is 10.5 Å². The number of nitrogens with two attached hydrogens (primary N) is 1. The van der Waals surface area contributed by atoms with E-state index in [1.165, 1.54) is 18.6 Å². The second kappa shape index (κ2) is 5.88. The summed E-state index contributed by atoms with van der Waals surface area (Å²) in [5.74, 6) is 1.03. The van der Waals surface area contributed by atoms with E-state index in [4.69, 9.17) is 10.5 Å². The molecule has 0 aromatic carbocycles. The van der Waals surface area contributed by atoms with Crippen molar-refractivity contribution in [1.29, 1.82) is 0 Å². The quantitative estimate of drug-likeness (QED) is 0.511. The minimum atomic E-state index is 0.372. The van der Waals surface area contributed by atoms with Gasteiger partial charge in [-0.05, 0) is 18.8 Å². The molecule has 1 atom stereocenters. The molecule has 0 heterocycles. The number of hydrogen-bond acceptors (Lipinski definition) is 3. The summed E-state index contributed by atoms with van der Waals surface area (Å²) in [5, 5.41) is 0. The molecule has 1 aliphatic carbocycles. The molecular formula is C10H19N3O. The molecule has 4 nitrogen and oxygen atoms in total. The predicted octanol–water partition coefficient (Wildman–Crippen LogP) is 1.06. The summed E-state index contributed by atoms with van der Waals surface area (Å²) in [6, 6.07) is 0. The van der Waals surface area contributed by atoms with Gasteiger partial charge in [-0.3, -0.25) is 0 Å². The summed E-state index contributed by atoms with van der Waals surface area (Å²) in [6.45, 7) is 3.15. The van der Waals surface area contributed by atoms with Crippen LogP contribution in [0.15, 0.2) is 9.98 Å². The van der Waals surface area contributed by atoms with E-state index in [9.17, 15) is 0 Å². The van der Waals surface area contributed by atoms with Gasteiger partial charge in [0.15, 0.2) is 0 Å². The molecule has 1 fully saturated rings. The van der Waals surface area contributed by atoms with Gasteiger partial charge in [-0.1, -0.05) is 6.92 Å². The standard InChI is InChI=1S/C10H19N3O/c1-8(5-11)10(9-3-4-9)13-6-12-7-14-2/h6,8-9H,3-5,7,11H2,1-2H3/b12-6-,13-10?. The maximum atomic E-state index is 5.62. The molecule has 2 N–H and O–H groups in total. The van der Waals surface area contributed by atoms with Crippen molar-refractivity contribution in [3.63, 3.8) is 0 Å². The molecule has 0 aromatic rings. The van der Waals surface area contributed by atoms with Crippen LogP contribution in [0.1, 0.15) is 19.8 Å². The first-order chi connectivity index (χ1) is 6.79. The first-order valence-electron chi connectivity index (χ1n) is 5.04. The molecule has 4 heteroatoms. The lowest BCUT2D eigenvalue weighted by Crippen LogP contribution is -2.22. The second-order valence-corrected chi connectivity index (χ2v) is 3.68. The molecule has 14 heavy (non-hydrogen) atoms. The Morgan fingerprint density at radius 3 is 2.86 bits per heavy atom.